The Labute approximate surface area is 206 Å². The van der Waals surface area contributed by atoms with E-state index in [9.17, 15) is 0 Å². The average Bonchev–Trinajstić information content (AvgIpc) is 3.19. The number of rotatable bonds is 8. The van der Waals surface area contributed by atoms with Crippen LogP contribution in [0, 0.1) is 0 Å². The summed E-state index contributed by atoms with van der Waals surface area (Å²) >= 11 is 0. The highest BCUT2D eigenvalue weighted by atomic mass is 15.2. The van der Waals surface area contributed by atoms with Crippen LogP contribution in [-0.4, -0.2) is 4.40 Å². The minimum Gasteiger partial charge on any atom is -0.216 e. The van der Waals surface area contributed by atoms with E-state index >= 15 is 0 Å². The monoisotopic (exact) mass is 455 g/mol. The zero-order valence-electron chi connectivity index (χ0n) is 22.5. The smallest absolute Gasteiger partial charge is 0.216 e. The molecule has 0 radical (unpaired) electrons. The van der Waals surface area contributed by atoms with Gasteiger partial charge in [0.1, 0.15) is 5.54 Å². The summed E-state index contributed by atoms with van der Waals surface area (Å²) in [7, 11) is 0. The molecule has 2 heteroatoms. The van der Waals surface area contributed by atoms with Crippen molar-refractivity contribution in [3.63, 3.8) is 0 Å². The van der Waals surface area contributed by atoms with Gasteiger partial charge in [-0.15, -0.1) is 0 Å². The highest BCUT2D eigenvalue weighted by molar-refractivity contribution is 5.99. The standard InChI is InChI=1S/C32H43N2/c1-8-12-13-20-30(5,6)24-17-18-26-27(22-24)33-21-19-23-15-14-16-25-28(23)29(33)34(26)32(10-3,11-4)31(25,7)9-2/h14-19,21-22H,8-13,20H2,1-7H3/q+1. The van der Waals surface area contributed by atoms with Crippen LogP contribution in [0.3, 0.4) is 0 Å². The van der Waals surface area contributed by atoms with E-state index in [4.69, 9.17) is 0 Å². The second-order valence-corrected chi connectivity index (χ2v) is 11.6. The van der Waals surface area contributed by atoms with Gasteiger partial charge in [0.25, 0.3) is 5.65 Å². The first kappa shape index (κ1) is 23.4. The number of fused-ring (bicyclic) bond motifs is 3. The molecule has 1 unspecified atom stereocenters. The van der Waals surface area contributed by atoms with Crippen molar-refractivity contribution in [3.05, 3.63) is 59.8 Å². The summed E-state index contributed by atoms with van der Waals surface area (Å²) in [6.45, 7) is 16.9. The van der Waals surface area contributed by atoms with Gasteiger partial charge in [-0.2, -0.15) is 4.40 Å². The van der Waals surface area contributed by atoms with E-state index < -0.39 is 0 Å². The Balaban J connectivity index is 1.88. The molecule has 0 N–H and O–H groups in total. The summed E-state index contributed by atoms with van der Waals surface area (Å²) in [5, 5.41) is 2.81. The molecule has 1 atom stereocenters. The van der Waals surface area contributed by atoms with Crippen molar-refractivity contribution in [1.29, 1.82) is 0 Å². The quantitative estimate of drug-likeness (QED) is 0.186. The summed E-state index contributed by atoms with van der Waals surface area (Å²) in [6.07, 6.45) is 10.8. The lowest BCUT2D eigenvalue weighted by Crippen LogP contribution is -2.67. The molecule has 1 aliphatic heterocycles. The van der Waals surface area contributed by atoms with Crippen molar-refractivity contribution in [1.82, 2.24) is 4.40 Å². The highest BCUT2D eigenvalue weighted by Gasteiger charge is 2.56. The molecule has 180 valence electrons. The lowest BCUT2D eigenvalue weighted by molar-refractivity contribution is -0.733. The van der Waals surface area contributed by atoms with E-state index in [2.05, 4.69) is 106 Å². The van der Waals surface area contributed by atoms with E-state index in [1.807, 2.05) is 0 Å². The SMILES string of the molecule is CCCCCC(C)(C)c1ccc2c(c1)n1ccc3cccc4c3c1[n+]2C(CC)(CC)C4(C)CC. The summed E-state index contributed by atoms with van der Waals surface area (Å²) in [4.78, 5) is 0. The molecule has 2 nitrogen and oxygen atoms in total. The highest BCUT2D eigenvalue weighted by Crippen LogP contribution is 2.51. The maximum Gasteiger partial charge on any atom is 0.295 e. The Hall–Kier alpha value is -2.35. The predicted molar refractivity (Wildman–Crippen MR) is 146 cm³/mol. The number of hydrogen-bond donors (Lipinski definition) is 0. The molecule has 1 aliphatic rings. The fourth-order valence-electron chi connectivity index (χ4n) is 7.38. The second kappa shape index (κ2) is 8.11. The number of unbranched alkanes of at least 4 members (excludes halogenated alkanes) is 2. The fraction of sp³-hybridized carbons (Fsp3) is 0.531. The third kappa shape index (κ3) is 2.90. The topological polar surface area (TPSA) is 8.29 Å². The molecule has 0 spiro atoms. The van der Waals surface area contributed by atoms with Crippen LogP contribution in [0.15, 0.2) is 48.7 Å². The Bertz CT molecular complexity index is 1370. The van der Waals surface area contributed by atoms with Gasteiger partial charge in [0, 0.05) is 5.41 Å². The molecule has 0 saturated heterocycles. The van der Waals surface area contributed by atoms with Crippen LogP contribution < -0.4 is 4.57 Å². The number of benzene rings is 2. The van der Waals surface area contributed by atoms with Gasteiger partial charge in [-0.1, -0.05) is 92.0 Å². The van der Waals surface area contributed by atoms with Crippen molar-refractivity contribution in [2.24, 2.45) is 0 Å². The largest absolute Gasteiger partial charge is 0.295 e. The molecule has 0 saturated carbocycles. The van der Waals surface area contributed by atoms with E-state index in [1.54, 1.807) is 0 Å². The summed E-state index contributed by atoms with van der Waals surface area (Å²) in [5.74, 6) is 0. The maximum absolute atomic E-state index is 2.76. The Kier molecular flexibility index (Phi) is 5.58. The van der Waals surface area contributed by atoms with Crippen LogP contribution in [0.5, 0.6) is 0 Å². The minimum absolute atomic E-state index is 0.0511. The minimum atomic E-state index is 0.0511. The molecule has 4 aromatic rings. The van der Waals surface area contributed by atoms with Crippen LogP contribution in [0.4, 0.5) is 0 Å². The Morgan fingerprint density at radius 3 is 2.35 bits per heavy atom. The third-order valence-corrected chi connectivity index (χ3v) is 9.75. The van der Waals surface area contributed by atoms with Crippen LogP contribution >= 0.6 is 0 Å². The van der Waals surface area contributed by atoms with Crippen LogP contribution in [0.2, 0.25) is 0 Å². The molecule has 2 aromatic heterocycles. The van der Waals surface area contributed by atoms with Crippen molar-refractivity contribution >= 4 is 27.5 Å². The molecule has 2 aromatic carbocycles. The molecule has 3 heterocycles. The Morgan fingerprint density at radius 1 is 0.912 bits per heavy atom. The van der Waals surface area contributed by atoms with Gasteiger partial charge in [0.15, 0.2) is 11.0 Å². The lowest BCUT2D eigenvalue weighted by atomic mass is 9.60. The molecule has 0 amide bonds. The van der Waals surface area contributed by atoms with Gasteiger partial charge in [0.2, 0.25) is 0 Å². The van der Waals surface area contributed by atoms with Crippen molar-refractivity contribution in [2.75, 3.05) is 0 Å². The summed E-state index contributed by atoms with van der Waals surface area (Å²) in [6, 6.07) is 16.7. The van der Waals surface area contributed by atoms with E-state index in [0.29, 0.717) is 0 Å². The molecule has 34 heavy (non-hydrogen) atoms. The van der Waals surface area contributed by atoms with Gasteiger partial charge in [-0.3, -0.25) is 0 Å². The van der Waals surface area contributed by atoms with Crippen LogP contribution in [-0.2, 0) is 16.4 Å². The average molecular weight is 456 g/mol. The van der Waals surface area contributed by atoms with Crippen LogP contribution in [0.25, 0.3) is 27.5 Å². The molecule has 0 aliphatic carbocycles. The molecule has 0 bridgehead atoms. The first-order chi connectivity index (χ1) is 16.3. The van der Waals surface area contributed by atoms with Crippen LogP contribution in [0.1, 0.15) is 105 Å². The first-order valence-corrected chi connectivity index (χ1v) is 13.7. The van der Waals surface area contributed by atoms with E-state index in [0.717, 1.165) is 19.3 Å². The second-order valence-electron chi connectivity index (χ2n) is 11.6. The fourth-order valence-corrected chi connectivity index (χ4v) is 7.38. The van der Waals surface area contributed by atoms with Gasteiger partial charge in [-0.05, 0) is 65.8 Å². The number of aromatic nitrogens is 2. The lowest BCUT2D eigenvalue weighted by Gasteiger charge is -2.48. The van der Waals surface area contributed by atoms with Crippen molar-refractivity contribution < 1.29 is 4.57 Å². The molecule has 0 fully saturated rings. The number of pyridine rings is 1. The predicted octanol–water partition coefficient (Wildman–Crippen LogP) is 8.59. The number of hydrogen-bond acceptors (Lipinski definition) is 0. The van der Waals surface area contributed by atoms with Gasteiger partial charge in [-0.25, -0.2) is 4.57 Å². The van der Waals surface area contributed by atoms with Crippen molar-refractivity contribution in [2.45, 2.75) is 110 Å². The zero-order valence-corrected chi connectivity index (χ0v) is 22.5. The summed E-state index contributed by atoms with van der Waals surface area (Å²) in [5.41, 5.74) is 7.45. The zero-order chi connectivity index (χ0) is 24.3. The van der Waals surface area contributed by atoms with E-state index in [1.165, 1.54) is 64.3 Å². The molecule has 5 rings (SSSR count). The van der Waals surface area contributed by atoms with Gasteiger partial charge in [0.05, 0.1) is 11.6 Å². The number of nitrogens with zero attached hydrogens (tertiary/aromatic N) is 2. The maximum atomic E-state index is 2.76. The van der Waals surface area contributed by atoms with Gasteiger partial charge < -0.3 is 0 Å². The molecular weight excluding hydrogens is 412 g/mol. The van der Waals surface area contributed by atoms with E-state index in [-0.39, 0.29) is 16.4 Å². The molecular formula is C32H43N2+. The third-order valence-electron chi connectivity index (χ3n) is 9.75. The number of imidazole rings is 1. The summed E-state index contributed by atoms with van der Waals surface area (Å²) < 4.78 is 5.26. The normalized spacial score (nSPS) is 19.6. The first-order valence-electron chi connectivity index (χ1n) is 13.7. The Morgan fingerprint density at radius 2 is 1.68 bits per heavy atom. The van der Waals surface area contributed by atoms with Gasteiger partial charge >= 0.3 is 0 Å². The van der Waals surface area contributed by atoms with Crippen molar-refractivity contribution in [3.8, 4) is 0 Å².